The summed E-state index contributed by atoms with van der Waals surface area (Å²) in [5.41, 5.74) is 0.336. The quantitative estimate of drug-likeness (QED) is 0.144. The zero-order valence-electron chi connectivity index (χ0n) is 26.5. The van der Waals surface area contributed by atoms with Gasteiger partial charge in [-0.25, -0.2) is 14.2 Å². The molecule has 0 aliphatic rings. The van der Waals surface area contributed by atoms with Crippen LogP contribution in [-0.4, -0.2) is 33.3 Å². The van der Waals surface area contributed by atoms with Crippen molar-refractivity contribution in [2.75, 3.05) is 19.1 Å². The van der Waals surface area contributed by atoms with Crippen molar-refractivity contribution in [3.8, 4) is 23.0 Å². The lowest BCUT2D eigenvalue weighted by Crippen LogP contribution is -2.25. The fraction of sp³-hybridized carbons (Fsp3) is 0.229. The molecule has 248 valence electrons. The first kappa shape index (κ1) is 32.4. The van der Waals surface area contributed by atoms with Gasteiger partial charge in [-0.15, -0.1) is 0 Å². The first-order chi connectivity index (χ1) is 22.9. The summed E-state index contributed by atoms with van der Waals surface area (Å²) in [7, 11) is 4.65. The van der Waals surface area contributed by atoms with Crippen LogP contribution in [0.2, 0.25) is 0 Å². The number of fused-ring (bicyclic) bond motifs is 1. The molecular weight excluding hydrogens is 630 g/mol. The number of ether oxygens (including phenoxy) is 2. The molecule has 0 saturated heterocycles. The van der Waals surface area contributed by atoms with Crippen molar-refractivity contribution in [1.29, 1.82) is 0 Å². The number of halogens is 4. The number of nitrogens with zero attached hydrogens (tertiary/aromatic N) is 5. The first-order valence-electron chi connectivity index (χ1n) is 14.9. The third-order valence-corrected chi connectivity index (χ3v) is 7.99. The molecule has 6 rings (SSSR count). The molecule has 0 unspecified atom stereocenters. The van der Waals surface area contributed by atoms with Crippen LogP contribution in [0.3, 0.4) is 0 Å². The Balaban J connectivity index is 1.55. The van der Waals surface area contributed by atoms with Crippen LogP contribution < -0.4 is 20.1 Å². The maximum Gasteiger partial charge on any atom is 0.416 e. The minimum absolute atomic E-state index is 0.0865. The van der Waals surface area contributed by atoms with Gasteiger partial charge in [-0.05, 0) is 72.1 Å². The number of imidazole rings is 1. The highest BCUT2D eigenvalue weighted by Crippen LogP contribution is 2.35. The van der Waals surface area contributed by atoms with Crippen LogP contribution in [-0.2, 0) is 32.9 Å². The molecule has 3 aromatic heterocycles. The number of furan rings is 1. The van der Waals surface area contributed by atoms with E-state index in [0.717, 1.165) is 27.8 Å². The molecule has 3 aromatic carbocycles. The number of aromatic nitrogens is 4. The molecule has 0 spiro atoms. The number of hydrogen-bond acceptors (Lipinski definition) is 7. The fourth-order valence-electron chi connectivity index (χ4n) is 5.53. The lowest BCUT2D eigenvalue weighted by Gasteiger charge is -2.24. The maximum absolute atomic E-state index is 14.0. The third-order valence-electron chi connectivity index (χ3n) is 7.99. The number of rotatable bonds is 10. The second-order valence-corrected chi connectivity index (χ2v) is 11.2. The Morgan fingerprint density at radius 3 is 1.98 bits per heavy atom. The molecule has 0 N–H and O–H groups in total. The minimum Gasteiger partial charge on any atom is -0.497 e. The van der Waals surface area contributed by atoms with Crippen LogP contribution in [0.15, 0.2) is 88.1 Å². The predicted molar refractivity (Wildman–Crippen MR) is 172 cm³/mol. The molecule has 0 bridgehead atoms. The number of benzene rings is 3. The predicted octanol–water partition coefficient (Wildman–Crippen LogP) is 7.13. The smallest absolute Gasteiger partial charge is 0.416 e. The van der Waals surface area contributed by atoms with E-state index in [0.29, 0.717) is 42.2 Å². The second-order valence-electron chi connectivity index (χ2n) is 11.2. The molecule has 13 heteroatoms. The largest absolute Gasteiger partial charge is 0.497 e. The monoisotopic (exact) mass is 661 g/mol. The molecule has 0 radical (unpaired) electrons. The van der Waals surface area contributed by atoms with E-state index in [9.17, 15) is 22.4 Å². The average molecular weight is 662 g/mol. The highest BCUT2D eigenvalue weighted by atomic mass is 19.4. The van der Waals surface area contributed by atoms with Gasteiger partial charge in [0.15, 0.2) is 11.4 Å². The van der Waals surface area contributed by atoms with E-state index in [1.165, 1.54) is 11.6 Å². The number of anilines is 1. The SMILES string of the molecule is COc1ccc(CN(Cc2ccc(OC)cc2)c2nc(-c3ccc(C)o3)c3c(n2)n(Cc2ccc(F)cc2C(F)(F)F)c(=O)n3C)cc1. The van der Waals surface area contributed by atoms with E-state index in [1.807, 2.05) is 53.4 Å². The van der Waals surface area contributed by atoms with Gasteiger partial charge < -0.3 is 18.8 Å². The molecule has 0 fully saturated rings. The molecule has 0 saturated carbocycles. The number of methoxy groups -OCH3 is 2. The summed E-state index contributed by atoms with van der Waals surface area (Å²) in [6.07, 6.45) is -4.85. The average Bonchev–Trinajstić information content (AvgIpc) is 3.61. The van der Waals surface area contributed by atoms with Crippen LogP contribution in [0.25, 0.3) is 22.6 Å². The topological polar surface area (TPSA) is 87.6 Å². The van der Waals surface area contributed by atoms with Gasteiger partial charge in [0, 0.05) is 20.1 Å². The standard InChI is InChI=1S/C35H31F4N5O4/c1-21-5-16-29(48-21)30-31-32(44(34(45)42(31)2)20-24-10-11-25(36)17-28(24)35(37,38)39)41-33(40-30)43(18-22-6-12-26(46-3)13-7-22)19-23-8-14-27(47-4)15-9-23/h5-17H,18-20H2,1-4H3. The van der Waals surface area contributed by atoms with E-state index >= 15 is 0 Å². The Bertz CT molecular complexity index is 2090. The Morgan fingerprint density at radius 1 is 0.854 bits per heavy atom. The summed E-state index contributed by atoms with van der Waals surface area (Å²) in [6, 6.07) is 20.8. The highest BCUT2D eigenvalue weighted by molar-refractivity contribution is 5.87. The number of hydrogen-bond donors (Lipinski definition) is 0. The van der Waals surface area contributed by atoms with Gasteiger partial charge in [0.2, 0.25) is 5.95 Å². The van der Waals surface area contributed by atoms with E-state index in [-0.39, 0.29) is 28.4 Å². The van der Waals surface area contributed by atoms with Crippen molar-refractivity contribution in [3.63, 3.8) is 0 Å². The van der Waals surface area contributed by atoms with E-state index in [1.54, 1.807) is 33.3 Å². The van der Waals surface area contributed by atoms with Crippen molar-refractivity contribution in [3.05, 3.63) is 123 Å². The van der Waals surface area contributed by atoms with Crippen LogP contribution in [0.4, 0.5) is 23.5 Å². The van der Waals surface area contributed by atoms with E-state index < -0.39 is 29.8 Å². The Hall–Kier alpha value is -5.59. The van der Waals surface area contributed by atoms with Gasteiger partial charge in [-0.3, -0.25) is 9.13 Å². The van der Waals surface area contributed by atoms with Crippen molar-refractivity contribution < 1.29 is 31.5 Å². The lowest BCUT2D eigenvalue weighted by atomic mass is 10.1. The maximum atomic E-state index is 14.0. The lowest BCUT2D eigenvalue weighted by molar-refractivity contribution is -0.138. The molecular formula is C35H31F4N5O4. The van der Waals surface area contributed by atoms with Gasteiger partial charge in [-0.1, -0.05) is 30.3 Å². The summed E-state index contributed by atoms with van der Waals surface area (Å²) in [6.45, 7) is 1.89. The zero-order valence-corrected chi connectivity index (χ0v) is 26.5. The van der Waals surface area contributed by atoms with Crippen molar-refractivity contribution >= 4 is 17.1 Å². The fourth-order valence-corrected chi connectivity index (χ4v) is 5.53. The van der Waals surface area contributed by atoms with Crippen molar-refractivity contribution in [1.82, 2.24) is 19.1 Å². The summed E-state index contributed by atoms with van der Waals surface area (Å²) < 4.78 is 74.9. The summed E-state index contributed by atoms with van der Waals surface area (Å²) in [5, 5.41) is 0. The second kappa shape index (κ2) is 12.9. The van der Waals surface area contributed by atoms with Crippen LogP contribution in [0, 0.1) is 12.7 Å². The summed E-state index contributed by atoms with van der Waals surface area (Å²) >= 11 is 0. The molecule has 9 nitrogen and oxygen atoms in total. The minimum atomic E-state index is -4.85. The molecule has 0 atom stereocenters. The van der Waals surface area contributed by atoms with E-state index in [2.05, 4.69) is 0 Å². The number of alkyl halides is 3. The van der Waals surface area contributed by atoms with Crippen LogP contribution in [0.1, 0.15) is 28.0 Å². The third kappa shape index (κ3) is 6.48. The summed E-state index contributed by atoms with van der Waals surface area (Å²) in [5.74, 6) is 1.47. The summed E-state index contributed by atoms with van der Waals surface area (Å²) in [4.78, 5) is 25.4. The van der Waals surface area contributed by atoms with Crippen LogP contribution >= 0.6 is 0 Å². The number of aryl methyl sites for hydroxylation is 2. The molecule has 3 heterocycles. The molecule has 0 aliphatic heterocycles. The molecule has 0 amide bonds. The van der Waals surface area contributed by atoms with Crippen molar-refractivity contribution in [2.24, 2.45) is 7.05 Å². The van der Waals surface area contributed by atoms with Gasteiger partial charge in [-0.2, -0.15) is 18.2 Å². The molecule has 0 aliphatic carbocycles. The highest BCUT2D eigenvalue weighted by Gasteiger charge is 2.34. The van der Waals surface area contributed by atoms with Crippen LogP contribution in [0.5, 0.6) is 11.5 Å². The van der Waals surface area contributed by atoms with E-state index in [4.69, 9.17) is 23.9 Å². The zero-order chi connectivity index (χ0) is 34.2. The normalized spacial score (nSPS) is 11.7. The van der Waals surface area contributed by atoms with Gasteiger partial charge in [0.25, 0.3) is 0 Å². The Kier molecular flexibility index (Phi) is 8.69. The Morgan fingerprint density at radius 2 is 1.46 bits per heavy atom. The molecule has 6 aromatic rings. The van der Waals surface area contributed by atoms with Gasteiger partial charge >= 0.3 is 11.9 Å². The van der Waals surface area contributed by atoms with Gasteiger partial charge in [0.05, 0.1) is 26.3 Å². The Labute approximate surface area is 272 Å². The van der Waals surface area contributed by atoms with Crippen molar-refractivity contribution in [2.45, 2.75) is 32.7 Å². The first-order valence-corrected chi connectivity index (χ1v) is 14.9. The van der Waals surface area contributed by atoms with Gasteiger partial charge in [0.1, 0.15) is 34.3 Å². The molecule has 48 heavy (non-hydrogen) atoms.